The van der Waals surface area contributed by atoms with Crippen molar-refractivity contribution in [3.8, 4) is 5.75 Å². The number of fused-ring (bicyclic) bond motifs is 1. The molecule has 2 aliphatic rings. The third-order valence-corrected chi connectivity index (χ3v) is 6.38. The normalized spacial score (nSPS) is 17.2. The smallest absolute Gasteiger partial charge is 0.304 e. The fourth-order valence-corrected chi connectivity index (χ4v) is 4.41. The van der Waals surface area contributed by atoms with Gasteiger partial charge in [-0.3, -0.25) is 14.6 Å². The van der Waals surface area contributed by atoms with Gasteiger partial charge in [-0.2, -0.15) is 0 Å². The number of nitrogens with two attached hydrogens (primary N) is 1. The molecule has 1 amide bonds. The van der Waals surface area contributed by atoms with Gasteiger partial charge in [0.1, 0.15) is 5.75 Å². The van der Waals surface area contributed by atoms with Crippen molar-refractivity contribution in [3.63, 3.8) is 0 Å². The Morgan fingerprint density at radius 3 is 2.59 bits per heavy atom. The van der Waals surface area contributed by atoms with Crippen LogP contribution >= 0.6 is 0 Å². The molecule has 0 saturated heterocycles. The van der Waals surface area contributed by atoms with Gasteiger partial charge in [0, 0.05) is 39.3 Å². The number of amides is 1. The molecule has 2 aliphatic heterocycles. The van der Waals surface area contributed by atoms with Crippen molar-refractivity contribution in [2.75, 3.05) is 79.0 Å². The van der Waals surface area contributed by atoms with Crippen LogP contribution in [0.25, 0.3) is 0 Å². The summed E-state index contributed by atoms with van der Waals surface area (Å²) in [6.45, 7) is 6.92. The van der Waals surface area contributed by atoms with Crippen molar-refractivity contribution in [2.45, 2.75) is 32.2 Å². The molecule has 12 nitrogen and oxygen atoms in total. The summed E-state index contributed by atoms with van der Waals surface area (Å²) < 4.78 is 22.3. The van der Waals surface area contributed by atoms with Crippen molar-refractivity contribution in [2.24, 2.45) is 16.6 Å². The molecule has 3 rings (SSSR count). The van der Waals surface area contributed by atoms with Gasteiger partial charge in [0.05, 0.1) is 58.6 Å². The first-order valence-corrected chi connectivity index (χ1v) is 13.8. The fraction of sp³-hybridized carbons (Fsp3) is 0.667. The first-order chi connectivity index (χ1) is 19.1. The quantitative estimate of drug-likeness (QED) is 0.189. The molecular weight excluding hydrogens is 506 g/mol. The van der Waals surface area contributed by atoms with Crippen LogP contribution in [0.3, 0.4) is 0 Å². The molecule has 1 aromatic rings. The standard InChI is InChI=1S/C27H43N5O7/c28-5-11-36-13-15-38-16-14-37-12-9-32-20-23-18-24(39-10-2-8-31-27-29-6-1-7-30-27)4-3-21(23)17-22(26(32)35)19-25(33)34/h3-4,18,22H,1-2,5-17,19-20,28H2,(H,33,34)(H2,29,30,31)/t22-/m0/s1. The third-order valence-electron chi connectivity index (χ3n) is 6.38. The lowest BCUT2D eigenvalue weighted by atomic mass is 9.94. The summed E-state index contributed by atoms with van der Waals surface area (Å²) in [6.07, 6.45) is 2.05. The molecule has 2 heterocycles. The van der Waals surface area contributed by atoms with Gasteiger partial charge in [-0.05, 0) is 42.5 Å². The second-order valence-electron chi connectivity index (χ2n) is 9.45. The lowest BCUT2D eigenvalue weighted by Crippen LogP contribution is -2.41. The summed E-state index contributed by atoms with van der Waals surface area (Å²) in [7, 11) is 0. The van der Waals surface area contributed by atoms with Crippen LogP contribution in [0.15, 0.2) is 23.2 Å². The van der Waals surface area contributed by atoms with Gasteiger partial charge in [-0.1, -0.05) is 6.07 Å². The highest BCUT2D eigenvalue weighted by Gasteiger charge is 2.31. The van der Waals surface area contributed by atoms with E-state index in [0.717, 1.165) is 55.3 Å². The van der Waals surface area contributed by atoms with E-state index in [-0.39, 0.29) is 12.3 Å². The maximum atomic E-state index is 13.2. The number of carbonyl (C=O) groups is 2. The molecule has 1 aromatic carbocycles. The van der Waals surface area contributed by atoms with Crippen LogP contribution in [0.2, 0.25) is 0 Å². The third kappa shape index (κ3) is 11.4. The van der Waals surface area contributed by atoms with Crippen LogP contribution in [0.1, 0.15) is 30.4 Å². The van der Waals surface area contributed by atoms with E-state index in [9.17, 15) is 14.7 Å². The van der Waals surface area contributed by atoms with E-state index in [1.165, 1.54) is 0 Å². The van der Waals surface area contributed by atoms with Crippen LogP contribution in [-0.4, -0.2) is 107 Å². The number of benzene rings is 1. The van der Waals surface area contributed by atoms with E-state index in [0.29, 0.717) is 72.3 Å². The van der Waals surface area contributed by atoms with Crippen molar-refractivity contribution >= 4 is 17.8 Å². The number of nitrogens with one attached hydrogen (secondary N) is 2. The maximum Gasteiger partial charge on any atom is 0.304 e. The second-order valence-corrected chi connectivity index (χ2v) is 9.45. The van der Waals surface area contributed by atoms with Crippen LogP contribution in [0, 0.1) is 5.92 Å². The minimum Gasteiger partial charge on any atom is -0.494 e. The highest BCUT2D eigenvalue weighted by Crippen LogP contribution is 2.28. The SMILES string of the molecule is NCCOCCOCCOCCN1Cc2cc(OCCCNC3=NCCCN3)ccc2C[C@@H](CC(=O)O)C1=O. The number of guanidine groups is 1. The first kappa shape index (κ1) is 30.6. The molecule has 1 atom stereocenters. The number of carboxylic acid groups (broad SMARTS) is 1. The average molecular weight is 550 g/mol. The van der Waals surface area contributed by atoms with Gasteiger partial charge in [0.25, 0.3) is 0 Å². The Kier molecular flexibility index (Phi) is 13.8. The molecule has 0 radical (unpaired) electrons. The number of nitrogens with zero attached hydrogens (tertiary/aromatic N) is 2. The number of carbonyl (C=O) groups excluding carboxylic acids is 1. The van der Waals surface area contributed by atoms with Crippen molar-refractivity contribution < 1.29 is 33.6 Å². The fourth-order valence-electron chi connectivity index (χ4n) is 4.41. The van der Waals surface area contributed by atoms with E-state index >= 15 is 0 Å². The molecule has 0 spiro atoms. The minimum atomic E-state index is -0.983. The number of aliphatic carboxylic acids is 1. The van der Waals surface area contributed by atoms with Crippen molar-refractivity contribution in [3.05, 3.63) is 29.3 Å². The first-order valence-electron chi connectivity index (χ1n) is 13.8. The summed E-state index contributed by atoms with van der Waals surface area (Å²) in [6, 6.07) is 5.79. The number of hydrogen-bond donors (Lipinski definition) is 4. The molecule has 0 fully saturated rings. The monoisotopic (exact) mass is 549 g/mol. The topological polar surface area (TPSA) is 157 Å². The molecule has 0 bridgehead atoms. The van der Waals surface area contributed by atoms with Gasteiger partial charge < -0.3 is 45.3 Å². The van der Waals surface area contributed by atoms with Crippen molar-refractivity contribution in [1.29, 1.82) is 0 Å². The summed E-state index contributed by atoms with van der Waals surface area (Å²) in [5, 5.41) is 15.9. The predicted octanol–water partition coefficient (Wildman–Crippen LogP) is 0.379. The summed E-state index contributed by atoms with van der Waals surface area (Å²) in [4.78, 5) is 30.7. The number of ether oxygens (including phenoxy) is 4. The lowest BCUT2D eigenvalue weighted by Gasteiger charge is -2.24. The molecule has 218 valence electrons. The molecule has 5 N–H and O–H groups in total. The van der Waals surface area contributed by atoms with Crippen molar-refractivity contribution in [1.82, 2.24) is 15.5 Å². The van der Waals surface area contributed by atoms with Crippen LogP contribution in [-0.2, 0) is 36.8 Å². The Morgan fingerprint density at radius 1 is 1.10 bits per heavy atom. The molecule has 39 heavy (non-hydrogen) atoms. The zero-order valence-electron chi connectivity index (χ0n) is 22.7. The zero-order chi connectivity index (χ0) is 27.7. The highest BCUT2D eigenvalue weighted by atomic mass is 16.5. The van der Waals surface area contributed by atoms with Crippen LogP contribution in [0.5, 0.6) is 5.75 Å². The van der Waals surface area contributed by atoms with Gasteiger partial charge in [-0.15, -0.1) is 0 Å². The Labute approximate surface area is 230 Å². The number of rotatable bonds is 18. The van der Waals surface area contributed by atoms with E-state index in [2.05, 4.69) is 15.6 Å². The average Bonchev–Trinajstić information content (AvgIpc) is 3.05. The predicted molar refractivity (Wildman–Crippen MR) is 146 cm³/mol. The molecular formula is C27H43N5O7. The van der Waals surface area contributed by atoms with Gasteiger partial charge in [0.15, 0.2) is 5.96 Å². The van der Waals surface area contributed by atoms with E-state index in [4.69, 9.17) is 24.7 Å². The Balaban J connectivity index is 1.47. The highest BCUT2D eigenvalue weighted by molar-refractivity contribution is 5.84. The summed E-state index contributed by atoms with van der Waals surface area (Å²) in [5.74, 6) is -0.192. The number of hydrogen-bond acceptors (Lipinski definition) is 10. The van der Waals surface area contributed by atoms with Gasteiger partial charge in [-0.25, -0.2) is 0 Å². The Morgan fingerprint density at radius 2 is 1.87 bits per heavy atom. The van der Waals surface area contributed by atoms with E-state index in [1.54, 1.807) is 4.90 Å². The second kappa shape index (κ2) is 17.6. The number of carboxylic acids is 1. The maximum absolute atomic E-state index is 13.2. The zero-order valence-corrected chi connectivity index (χ0v) is 22.7. The van der Waals surface area contributed by atoms with Crippen LogP contribution in [0.4, 0.5) is 0 Å². The van der Waals surface area contributed by atoms with Gasteiger partial charge in [0.2, 0.25) is 5.91 Å². The minimum absolute atomic E-state index is 0.168. The lowest BCUT2D eigenvalue weighted by molar-refractivity contribution is -0.145. The summed E-state index contributed by atoms with van der Waals surface area (Å²) >= 11 is 0. The Hall–Kier alpha value is -2.93. The van der Waals surface area contributed by atoms with Gasteiger partial charge >= 0.3 is 5.97 Å². The van der Waals surface area contributed by atoms with Crippen LogP contribution < -0.4 is 21.1 Å². The van der Waals surface area contributed by atoms with E-state index < -0.39 is 11.9 Å². The molecule has 0 unspecified atom stereocenters. The largest absolute Gasteiger partial charge is 0.494 e. The molecule has 0 saturated carbocycles. The Bertz CT molecular complexity index is 930. The molecule has 0 aliphatic carbocycles. The molecule has 12 heteroatoms. The summed E-state index contributed by atoms with van der Waals surface area (Å²) in [5.41, 5.74) is 7.30. The number of aliphatic imine (C=N–C) groups is 1. The molecule has 0 aromatic heterocycles. The van der Waals surface area contributed by atoms with E-state index in [1.807, 2.05) is 18.2 Å².